The van der Waals surface area contributed by atoms with Crippen LogP contribution in [0.4, 0.5) is 5.69 Å². The van der Waals surface area contributed by atoms with Crippen molar-refractivity contribution >= 4 is 29.0 Å². The van der Waals surface area contributed by atoms with E-state index >= 15 is 0 Å². The Morgan fingerprint density at radius 2 is 2.00 bits per heavy atom. The third-order valence-corrected chi connectivity index (χ3v) is 3.87. The summed E-state index contributed by atoms with van der Waals surface area (Å²) in [5.74, 6) is 0.142. The Morgan fingerprint density at radius 1 is 1.25 bits per heavy atom. The molecule has 0 spiro atoms. The summed E-state index contributed by atoms with van der Waals surface area (Å²) in [6.45, 7) is 6.14. The van der Waals surface area contributed by atoms with Gasteiger partial charge in [-0.15, -0.1) is 0 Å². The highest BCUT2D eigenvalue weighted by Gasteiger charge is 2.24. The molecule has 0 aliphatic rings. The van der Waals surface area contributed by atoms with E-state index in [-0.39, 0.29) is 11.3 Å². The highest BCUT2D eigenvalue weighted by Crippen LogP contribution is 2.24. The van der Waals surface area contributed by atoms with Gasteiger partial charge in [0.25, 0.3) is 11.7 Å². The summed E-state index contributed by atoms with van der Waals surface area (Å²) < 4.78 is 1.65. The molecule has 7 nitrogen and oxygen atoms in total. The third kappa shape index (κ3) is 2.94. The van der Waals surface area contributed by atoms with Gasteiger partial charge in [0, 0.05) is 12.5 Å². The monoisotopic (exact) mass is 344 g/mol. The second kappa shape index (κ2) is 5.83. The van der Waals surface area contributed by atoms with Gasteiger partial charge in [-0.3, -0.25) is 4.79 Å². The van der Waals surface area contributed by atoms with Crippen molar-refractivity contribution in [1.82, 2.24) is 24.6 Å². The molecule has 0 fully saturated rings. The summed E-state index contributed by atoms with van der Waals surface area (Å²) in [6, 6.07) is 5.12. The average Bonchev–Trinajstić information content (AvgIpc) is 3.00. The maximum Gasteiger partial charge on any atom is 0.276 e. The largest absolute Gasteiger partial charge is 0.309 e. The van der Waals surface area contributed by atoms with Crippen LogP contribution in [0.25, 0.3) is 5.78 Å². The fourth-order valence-electron chi connectivity index (χ4n) is 2.31. The number of hydrogen-bond acceptors (Lipinski definition) is 5. The summed E-state index contributed by atoms with van der Waals surface area (Å²) in [7, 11) is 1.67. The van der Waals surface area contributed by atoms with Crippen LogP contribution in [0.2, 0.25) is 5.15 Å². The number of nitrogens with zero attached hydrogens (tertiary/aromatic N) is 6. The number of aromatic nitrogens is 5. The summed E-state index contributed by atoms with van der Waals surface area (Å²) in [6.07, 6.45) is 2.97. The van der Waals surface area contributed by atoms with Crippen LogP contribution < -0.4 is 4.90 Å². The Hall–Kier alpha value is -2.54. The second-order valence-corrected chi connectivity index (χ2v) is 6.84. The van der Waals surface area contributed by atoms with Gasteiger partial charge in [0.05, 0.1) is 17.6 Å². The molecule has 0 radical (unpaired) electrons. The van der Waals surface area contributed by atoms with Gasteiger partial charge in [-0.05, 0) is 18.2 Å². The van der Waals surface area contributed by atoms with Gasteiger partial charge in [-0.1, -0.05) is 32.4 Å². The van der Waals surface area contributed by atoms with E-state index in [4.69, 9.17) is 11.6 Å². The van der Waals surface area contributed by atoms with E-state index in [1.165, 1.54) is 11.2 Å². The Bertz CT molecular complexity index is 897. The summed E-state index contributed by atoms with van der Waals surface area (Å²) in [5, 5.41) is 4.56. The Morgan fingerprint density at radius 3 is 2.62 bits per heavy atom. The lowest BCUT2D eigenvalue weighted by molar-refractivity contribution is 0.0988. The van der Waals surface area contributed by atoms with Crippen LogP contribution >= 0.6 is 11.6 Å². The van der Waals surface area contributed by atoms with E-state index in [0.29, 0.717) is 22.3 Å². The molecule has 24 heavy (non-hydrogen) atoms. The lowest BCUT2D eigenvalue weighted by Crippen LogP contribution is -2.29. The summed E-state index contributed by atoms with van der Waals surface area (Å²) in [5.41, 5.74) is 1.57. The maximum absolute atomic E-state index is 12.8. The predicted molar refractivity (Wildman–Crippen MR) is 91.5 cm³/mol. The minimum absolute atomic E-state index is 0.218. The minimum Gasteiger partial charge on any atom is -0.309 e. The van der Waals surface area contributed by atoms with Crippen LogP contribution in [0.15, 0.2) is 30.7 Å². The number of amides is 1. The topological polar surface area (TPSA) is 76.3 Å². The predicted octanol–water partition coefficient (Wildman–Crippen LogP) is 2.75. The molecule has 3 aromatic rings. The molecule has 1 amide bonds. The molecular formula is C16H17ClN6O. The van der Waals surface area contributed by atoms with Gasteiger partial charge in [-0.2, -0.15) is 10.1 Å². The zero-order valence-electron chi connectivity index (χ0n) is 13.9. The van der Waals surface area contributed by atoms with Gasteiger partial charge in [0.2, 0.25) is 0 Å². The molecular weight excluding hydrogens is 328 g/mol. The molecule has 0 saturated heterocycles. The first kappa shape index (κ1) is 16.3. The Kier molecular flexibility index (Phi) is 3.96. The van der Waals surface area contributed by atoms with Crippen LogP contribution in [0.5, 0.6) is 0 Å². The zero-order chi connectivity index (χ0) is 17.5. The highest BCUT2D eigenvalue weighted by molar-refractivity contribution is 6.29. The van der Waals surface area contributed by atoms with Gasteiger partial charge < -0.3 is 4.90 Å². The van der Waals surface area contributed by atoms with Crippen molar-refractivity contribution < 1.29 is 4.79 Å². The number of carbonyl (C=O) groups is 1. The van der Waals surface area contributed by atoms with Crippen molar-refractivity contribution in [3.8, 4) is 0 Å². The van der Waals surface area contributed by atoms with E-state index in [1.807, 2.05) is 20.8 Å². The molecule has 3 heterocycles. The average molecular weight is 345 g/mol. The quantitative estimate of drug-likeness (QED) is 0.668. The smallest absolute Gasteiger partial charge is 0.276 e. The highest BCUT2D eigenvalue weighted by atomic mass is 35.5. The number of hydrogen-bond donors (Lipinski definition) is 0. The molecule has 0 bridgehead atoms. The van der Waals surface area contributed by atoms with E-state index in [9.17, 15) is 4.79 Å². The first-order chi connectivity index (χ1) is 11.3. The van der Waals surface area contributed by atoms with Crippen molar-refractivity contribution in [3.63, 3.8) is 0 Å². The first-order valence-corrected chi connectivity index (χ1v) is 7.76. The van der Waals surface area contributed by atoms with Crippen molar-refractivity contribution in [2.24, 2.45) is 0 Å². The van der Waals surface area contributed by atoms with E-state index < -0.39 is 0 Å². The molecule has 0 aromatic carbocycles. The Labute approximate surface area is 144 Å². The van der Waals surface area contributed by atoms with E-state index in [0.717, 1.165) is 5.69 Å². The number of anilines is 1. The lowest BCUT2D eigenvalue weighted by Gasteiger charge is -2.21. The molecule has 8 heteroatoms. The fraction of sp³-hybridized carbons (Fsp3) is 0.312. The SMILES string of the molecule is CN(C(=O)c1cc(C(C)(C)C)n2ncnc2n1)c1ccc(Cl)nc1. The molecule has 0 atom stereocenters. The summed E-state index contributed by atoms with van der Waals surface area (Å²) in [4.78, 5) is 26.7. The standard InChI is InChI=1S/C16H17ClN6O/c1-16(2,3)12-7-11(21-15-19-9-20-23(12)15)14(24)22(4)10-5-6-13(17)18-8-10/h5-9H,1-4H3. The van der Waals surface area contributed by atoms with Crippen molar-refractivity contribution in [2.45, 2.75) is 26.2 Å². The molecule has 0 N–H and O–H groups in total. The first-order valence-electron chi connectivity index (χ1n) is 7.38. The molecule has 0 aliphatic carbocycles. The third-order valence-electron chi connectivity index (χ3n) is 3.64. The van der Waals surface area contributed by atoms with Gasteiger partial charge in [0.1, 0.15) is 17.2 Å². The van der Waals surface area contributed by atoms with Crippen molar-refractivity contribution in [1.29, 1.82) is 0 Å². The van der Waals surface area contributed by atoms with Crippen LogP contribution in [-0.2, 0) is 5.41 Å². The van der Waals surface area contributed by atoms with Gasteiger partial charge in [-0.25, -0.2) is 14.5 Å². The summed E-state index contributed by atoms with van der Waals surface area (Å²) >= 11 is 5.79. The van der Waals surface area contributed by atoms with Crippen LogP contribution in [0, 0.1) is 0 Å². The van der Waals surface area contributed by atoms with Crippen molar-refractivity contribution in [3.05, 3.63) is 47.3 Å². The van der Waals surface area contributed by atoms with Crippen LogP contribution in [0.1, 0.15) is 37.0 Å². The van der Waals surface area contributed by atoms with Gasteiger partial charge >= 0.3 is 0 Å². The number of pyridine rings is 1. The van der Waals surface area contributed by atoms with Crippen molar-refractivity contribution in [2.75, 3.05) is 11.9 Å². The minimum atomic E-state index is -0.255. The zero-order valence-corrected chi connectivity index (χ0v) is 14.6. The normalized spacial score (nSPS) is 11.7. The molecule has 3 rings (SSSR count). The van der Waals surface area contributed by atoms with E-state index in [1.54, 1.807) is 36.0 Å². The number of rotatable bonds is 2. The van der Waals surface area contributed by atoms with Gasteiger partial charge in [0.15, 0.2) is 0 Å². The van der Waals surface area contributed by atoms with Crippen LogP contribution in [0.3, 0.4) is 0 Å². The number of fused-ring (bicyclic) bond motifs is 1. The fourth-order valence-corrected chi connectivity index (χ4v) is 2.42. The number of carbonyl (C=O) groups excluding carboxylic acids is 1. The lowest BCUT2D eigenvalue weighted by atomic mass is 9.91. The Balaban J connectivity index is 2.05. The molecule has 0 saturated carbocycles. The molecule has 3 aromatic heterocycles. The molecule has 124 valence electrons. The number of halogens is 1. The molecule has 0 aliphatic heterocycles. The maximum atomic E-state index is 12.8. The van der Waals surface area contributed by atoms with Crippen LogP contribution in [-0.4, -0.2) is 37.5 Å². The second-order valence-electron chi connectivity index (χ2n) is 6.45. The van der Waals surface area contributed by atoms with E-state index in [2.05, 4.69) is 20.1 Å². The molecule has 0 unspecified atom stereocenters.